The molecule has 0 spiro atoms. The summed E-state index contributed by atoms with van der Waals surface area (Å²) in [4.78, 5) is 5.11. The van der Waals surface area contributed by atoms with Gasteiger partial charge >= 0.3 is 0 Å². The van der Waals surface area contributed by atoms with E-state index in [1.807, 2.05) is 36.8 Å². The lowest BCUT2D eigenvalue weighted by atomic mass is 9.84. The van der Waals surface area contributed by atoms with E-state index in [1.165, 1.54) is 5.56 Å². The van der Waals surface area contributed by atoms with E-state index in [-0.39, 0.29) is 10.8 Å². The third-order valence-electron chi connectivity index (χ3n) is 4.08. The van der Waals surface area contributed by atoms with Crippen molar-refractivity contribution in [3.05, 3.63) is 82.9 Å². The summed E-state index contributed by atoms with van der Waals surface area (Å²) in [6, 6.07) is 16.1. The van der Waals surface area contributed by atoms with Gasteiger partial charge in [-0.3, -0.25) is 0 Å². The maximum atomic E-state index is 6.40. The van der Waals surface area contributed by atoms with Crippen LogP contribution in [0.25, 0.3) is 0 Å². The van der Waals surface area contributed by atoms with Crippen LogP contribution in [0.3, 0.4) is 0 Å². The number of nitrogens with zero attached hydrogens (tertiary/aromatic N) is 2. The Morgan fingerprint density at radius 1 is 1.00 bits per heavy atom. The van der Waals surface area contributed by atoms with Crippen molar-refractivity contribution in [1.29, 1.82) is 0 Å². The first-order valence-corrected chi connectivity index (χ1v) is 9.27. The van der Waals surface area contributed by atoms with Crippen molar-refractivity contribution < 1.29 is 0 Å². The van der Waals surface area contributed by atoms with Crippen LogP contribution in [0.4, 0.5) is 0 Å². The van der Waals surface area contributed by atoms with E-state index in [9.17, 15) is 0 Å². The van der Waals surface area contributed by atoms with Crippen molar-refractivity contribution in [3.63, 3.8) is 0 Å². The summed E-state index contributed by atoms with van der Waals surface area (Å²) in [5.74, 6) is 0. The van der Waals surface area contributed by atoms with Gasteiger partial charge in [-0.25, -0.2) is 4.98 Å². The quantitative estimate of drug-likeness (QED) is 0.475. The molecule has 24 heavy (non-hydrogen) atoms. The Hall–Kier alpha value is -1.42. The molecule has 0 radical (unpaired) electrons. The molecule has 1 unspecified atom stereocenters. The Balaban J connectivity index is 2.05. The van der Waals surface area contributed by atoms with Crippen LogP contribution >= 0.6 is 35.0 Å². The Labute approximate surface area is 156 Å². The van der Waals surface area contributed by atoms with Crippen molar-refractivity contribution in [2.75, 3.05) is 0 Å². The molecule has 5 heteroatoms. The number of hydrogen-bond acceptors (Lipinski definition) is 2. The highest BCUT2D eigenvalue weighted by molar-refractivity contribution is 7.99. The maximum Gasteiger partial charge on any atom is 0.0956 e. The number of imidazole rings is 1. The van der Waals surface area contributed by atoms with Gasteiger partial charge in [0.15, 0.2) is 0 Å². The van der Waals surface area contributed by atoms with Gasteiger partial charge in [0.1, 0.15) is 0 Å². The molecule has 0 saturated carbocycles. The second-order valence-corrected chi connectivity index (χ2v) is 8.02. The average molecular weight is 377 g/mol. The summed E-state index contributed by atoms with van der Waals surface area (Å²) in [6.45, 7) is 4.45. The molecule has 1 aromatic heterocycles. The van der Waals surface area contributed by atoms with Crippen molar-refractivity contribution in [3.8, 4) is 0 Å². The monoisotopic (exact) mass is 376 g/mol. The molecular weight excluding hydrogens is 359 g/mol. The van der Waals surface area contributed by atoms with Crippen LogP contribution in [-0.4, -0.2) is 9.55 Å². The predicted molar refractivity (Wildman–Crippen MR) is 103 cm³/mol. The fourth-order valence-corrected chi connectivity index (χ4v) is 4.63. The van der Waals surface area contributed by atoms with Crippen LogP contribution in [-0.2, 0) is 5.41 Å². The Morgan fingerprint density at radius 2 is 1.67 bits per heavy atom. The lowest BCUT2D eigenvalue weighted by molar-refractivity contribution is 0.421. The molecular formula is C19H18Cl2N2S. The lowest BCUT2D eigenvalue weighted by Gasteiger charge is -2.35. The molecule has 1 atom stereocenters. The summed E-state index contributed by atoms with van der Waals surface area (Å²) in [5.41, 5.74) is 1.09. The standard InChI is InChI=1S/C19H18Cl2N2S/c1-19(2,14-7-4-3-5-8-14)18(23-12-11-22-13-23)24-17-15(20)9-6-10-16(17)21/h3-13,18H,1-2H3. The number of halogens is 2. The van der Waals surface area contributed by atoms with Gasteiger partial charge < -0.3 is 4.57 Å². The molecule has 0 aliphatic heterocycles. The third-order valence-corrected chi connectivity index (χ3v) is 6.66. The molecule has 0 N–H and O–H groups in total. The average Bonchev–Trinajstić information content (AvgIpc) is 3.09. The summed E-state index contributed by atoms with van der Waals surface area (Å²) in [7, 11) is 0. The highest BCUT2D eigenvalue weighted by Crippen LogP contribution is 2.49. The molecule has 2 nitrogen and oxygen atoms in total. The summed E-state index contributed by atoms with van der Waals surface area (Å²) in [6.07, 6.45) is 5.61. The molecule has 0 aliphatic carbocycles. The molecule has 1 heterocycles. The topological polar surface area (TPSA) is 17.8 Å². The SMILES string of the molecule is CC(C)(c1ccccc1)C(Sc1c(Cl)cccc1Cl)n1ccnc1. The van der Waals surface area contributed by atoms with Gasteiger partial charge in [0.25, 0.3) is 0 Å². The van der Waals surface area contributed by atoms with Crippen LogP contribution in [0.5, 0.6) is 0 Å². The third kappa shape index (κ3) is 3.49. The van der Waals surface area contributed by atoms with E-state index in [4.69, 9.17) is 23.2 Å². The first-order valence-electron chi connectivity index (χ1n) is 7.64. The molecule has 2 aromatic carbocycles. The van der Waals surface area contributed by atoms with Gasteiger partial charge in [-0.1, -0.05) is 85.2 Å². The maximum absolute atomic E-state index is 6.40. The van der Waals surface area contributed by atoms with E-state index >= 15 is 0 Å². The van der Waals surface area contributed by atoms with Crippen molar-refractivity contribution in [2.45, 2.75) is 29.5 Å². The first-order chi connectivity index (χ1) is 11.5. The molecule has 0 amide bonds. The van der Waals surface area contributed by atoms with Gasteiger partial charge in [0, 0.05) is 22.7 Å². The van der Waals surface area contributed by atoms with Gasteiger partial charge in [0.2, 0.25) is 0 Å². The lowest BCUT2D eigenvalue weighted by Crippen LogP contribution is -2.28. The highest BCUT2D eigenvalue weighted by Gasteiger charge is 2.34. The molecule has 124 valence electrons. The molecule has 3 rings (SSSR count). The zero-order chi connectivity index (χ0) is 17.2. The normalized spacial score (nSPS) is 13.0. The number of hydrogen-bond donors (Lipinski definition) is 0. The van der Waals surface area contributed by atoms with Crippen molar-refractivity contribution in [2.24, 2.45) is 0 Å². The zero-order valence-electron chi connectivity index (χ0n) is 13.5. The van der Waals surface area contributed by atoms with Crippen LogP contribution in [0.2, 0.25) is 10.0 Å². The number of aromatic nitrogens is 2. The van der Waals surface area contributed by atoms with Crippen molar-refractivity contribution >= 4 is 35.0 Å². The van der Waals surface area contributed by atoms with Gasteiger partial charge in [-0.05, 0) is 17.7 Å². The molecule has 0 saturated heterocycles. The minimum atomic E-state index is -0.158. The number of thioether (sulfide) groups is 1. The Bertz CT molecular complexity index is 781. The Morgan fingerprint density at radius 3 is 2.25 bits per heavy atom. The van der Waals surface area contributed by atoms with E-state index in [2.05, 4.69) is 47.7 Å². The molecule has 0 fully saturated rings. The minimum Gasteiger partial charge on any atom is -0.324 e. The van der Waals surface area contributed by atoms with E-state index in [0.29, 0.717) is 10.0 Å². The van der Waals surface area contributed by atoms with E-state index in [0.717, 1.165) is 4.90 Å². The Kier molecular flexibility index (Phi) is 5.24. The van der Waals surface area contributed by atoms with Gasteiger partial charge in [-0.15, -0.1) is 0 Å². The van der Waals surface area contributed by atoms with E-state index in [1.54, 1.807) is 18.0 Å². The number of rotatable bonds is 5. The van der Waals surface area contributed by atoms with Crippen LogP contribution in [0.15, 0.2) is 72.1 Å². The fraction of sp³-hybridized carbons (Fsp3) is 0.211. The largest absolute Gasteiger partial charge is 0.324 e. The smallest absolute Gasteiger partial charge is 0.0956 e. The first kappa shape index (κ1) is 17.4. The molecule has 0 aliphatic rings. The summed E-state index contributed by atoms with van der Waals surface area (Å²) < 4.78 is 2.11. The molecule has 3 aromatic rings. The van der Waals surface area contributed by atoms with Crippen LogP contribution < -0.4 is 0 Å². The second-order valence-electron chi connectivity index (χ2n) is 6.12. The summed E-state index contributed by atoms with van der Waals surface area (Å²) in [5, 5.41) is 1.39. The zero-order valence-corrected chi connectivity index (χ0v) is 15.8. The fourth-order valence-electron chi connectivity index (χ4n) is 2.71. The van der Waals surface area contributed by atoms with Crippen LogP contribution in [0.1, 0.15) is 24.8 Å². The van der Waals surface area contributed by atoms with Gasteiger partial charge in [-0.2, -0.15) is 0 Å². The van der Waals surface area contributed by atoms with Gasteiger partial charge in [0.05, 0.1) is 21.7 Å². The van der Waals surface area contributed by atoms with Crippen molar-refractivity contribution in [1.82, 2.24) is 9.55 Å². The summed E-state index contributed by atoms with van der Waals surface area (Å²) >= 11 is 14.5. The second kappa shape index (κ2) is 7.22. The van der Waals surface area contributed by atoms with E-state index < -0.39 is 0 Å². The number of benzene rings is 2. The van der Waals surface area contributed by atoms with Crippen LogP contribution in [0, 0.1) is 0 Å². The predicted octanol–water partition coefficient (Wildman–Crippen LogP) is 6.46. The molecule has 0 bridgehead atoms. The minimum absolute atomic E-state index is 0.0554. The highest BCUT2D eigenvalue weighted by atomic mass is 35.5.